The Morgan fingerprint density at radius 3 is 2.41 bits per heavy atom. The van der Waals surface area contributed by atoms with Crippen LogP contribution in [-0.2, 0) is 14.3 Å². The molecule has 2 aliphatic carbocycles. The third kappa shape index (κ3) is 2.05. The van der Waals surface area contributed by atoms with Gasteiger partial charge >= 0.3 is 11.9 Å². The molecule has 0 amide bonds. The van der Waals surface area contributed by atoms with Gasteiger partial charge in [-0.25, -0.2) is 0 Å². The van der Waals surface area contributed by atoms with Crippen LogP contribution in [0.15, 0.2) is 0 Å². The van der Waals surface area contributed by atoms with Crippen LogP contribution in [0, 0.1) is 29.6 Å². The predicted molar refractivity (Wildman–Crippen MR) is 61.2 cm³/mol. The van der Waals surface area contributed by atoms with Crippen molar-refractivity contribution in [2.24, 2.45) is 29.6 Å². The van der Waals surface area contributed by atoms with Crippen LogP contribution in [0.25, 0.3) is 0 Å². The minimum absolute atomic E-state index is 0.164. The predicted octanol–water partition coefficient (Wildman–Crippen LogP) is 1.93. The third-order valence-corrected chi connectivity index (χ3v) is 4.25. The zero-order chi connectivity index (χ0) is 12.7. The fourth-order valence-electron chi connectivity index (χ4n) is 3.67. The van der Waals surface area contributed by atoms with Crippen LogP contribution in [-0.4, -0.2) is 23.1 Å². The zero-order valence-corrected chi connectivity index (χ0v) is 10.6. The van der Waals surface area contributed by atoms with E-state index in [-0.39, 0.29) is 23.9 Å². The molecule has 0 aromatic carbocycles. The molecule has 0 aliphatic heterocycles. The number of carbonyl (C=O) groups excluding carboxylic acids is 1. The van der Waals surface area contributed by atoms with Crippen LogP contribution in [0.2, 0.25) is 0 Å². The highest BCUT2D eigenvalue weighted by Crippen LogP contribution is 2.55. The van der Waals surface area contributed by atoms with Gasteiger partial charge in [0.25, 0.3) is 0 Å². The second kappa shape index (κ2) is 4.31. The first kappa shape index (κ1) is 12.4. The number of hydrogen-bond donors (Lipinski definition) is 1. The van der Waals surface area contributed by atoms with Gasteiger partial charge in [0.15, 0.2) is 0 Å². The fourth-order valence-corrected chi connectivity index (χ4v) is 3.67. The van der Waals surface area contributed by atoms with Gasteiger partial charge < -0.3 is 9.84 Å². The topological polar surface area (TPSA) is 63.6 Å². The number of carboxylic acids is 1. The maximum Gasteiger partial charge on any atom is 0.310 e. The highest BCUT2D eigenvalue weighted by Gasteiger charge is 2.57. The van der Waals surface area contributed by atoms with Crippen LogP contribution >= 0.6 is 0 Å². The van der Waals surface area contributed by atoms with E-state index in [1.807, 2.05) is 0 Å². The summed E-state index contributed by atoms with van der Waals surface area (Å²) in [6.45, 7) is 5.70. The van der Waals surface area contributed by atoms with Gasteiger partial charge in [0.05, 0.1) is 17.9 Å². The molecule has 0 saturated heterocycles. The van der Waals surface area contributed by atoms with E-state index in [9.17, 15) is 14.7 Å². The first-order valence-corrected chi connectivity index (χ1v) is 6.35. The van der Waals surface area contributed by atoms with Gasteiger partial charge in [0, 0.05) is 0 Å². The van der Waals surface area contributed by atoms with Crippen molar-refractivity contribution in [3.8, 4) is 0 Å². The van der Waals surface area contributed by atoms with Gasteiger partial charge in [0.1, 0.15) is 0 Å². The van der Waals surface area contributed by atoms with Gasteiger partial charge in [0.2, 0.25) is 0 Å². The second-order valence-electron chi connectivity index (χ2n) is 5.75. The molecule has 4 nitrogen and oxygen atoms in total. The van der Waals surface area contributed by atoms with Crippen molar-refractivity contribution in [3.63, 3.8) is 0 Å². The third-order valence-electron chi connectivity index (χ3n) is 4.25. The highest BCUT2D eigenvalue weighted by molar-refractivity contribution is 5.83. The minimum atomic E-state index is -0.838. The van der Waals surface area contributed by atoms with Gasteiger partial charge in [-0.05, 0) is 44.4 Å². The first-order valence-electron chi connectivity index (χ1n) is 6.35. The molecule has 4 heteroatoms. The average Bonchev–Trinajstić information content (AvgIpc) is 2.71. The molecule has 17 heavy (non-hydrogen) atoms. The molecule has 2 saturated carbocycles. The van der Waals surface area contributed by atoms with Crippen molar-refractivity contribution in [1.82, 2.24) is 0 Å². The zero-order valence-electron chi connectivity index (χ0n) is 10.6. The number of ether oxygens (including phenoxy) is 1. The fraction of sp³-hybridized carbons (Fsp3) is 0.846. The van der Waals surface area contributed by atoms with Crippen molar-refractivity contribution in [2.45, 2.75) is 39.7 Å². The number of hydrogen-bond acceptors (Lipinski definition) is 3. The molecule has 0 aromatic heterocycles. The van der Waals surface area contributed by atoms with Gasteiger partial charge in [-0.3, -0.25) is 9.59 Å². The summed E-state index contributed by atoms with van der Waals surface area (Å²) in [5.41, 5.74) is 0. The van der Waals surface area contributed by atoms with E-state index < -0.39 is 17.8 Å². The normalized spacial score (nSPS) is 39.6. The van der Waals surface area contributed by atoms with Crippen molar-refractivity contribution in [2.75, 3.05) is 0 Å². The molecule has 2 rings (SSSR count). The summed E-state index contributed by atoms with van der Waals surface area (Å²) < 4.78 is 5.21. The molecule has 0 spiro atoms. The van der Waals surface area contributed by atoms with E-state index in [0.717, 1.165) is 12.8 Å². The summed E-state index contributed by atoms with van der Waals surface area (Å²) in [7, 11) is 0. The van der Waals surface area contributed by atoms with E-state index in [1.54, 1.807) is 13.8 Å². The smallest absolute Gasteiger partial charge is 0.310 e. The van der Waals surface area contributed by atoms with Crippen molar-refractivity contribution < 1.29 is 19.4 Å². The quantitative estimate of drug-likeness (QED) is 0.766. The molecule has 0 heterocycles. The maximum atomic E-state index is 12.0. The second-order valence-corrected chi connectivity index (χ2v) is 5.75. The van der Waals surface area contributed by atoms with Crippen molar-refractivity contribution >= 4 is 11.9 Å². The Bertz CT molecular complexity index is 336. The lowest BCUT2D eigenvalue weighted by molar-refractivity contribution is -0.164. The van der Waals surface area contributed by atoms with Gasteiger partial charge in [-0.1, -0.05) is 6.92 Å². The monoisotopic (exact) mass is 240 g/mol. The van der Waals surface area contributed by atoms with Gasteiger partial charge in [-0.15, -0.1) is 0 Å². The van der Waals surface area contributed by atoms with Crippen LogP contribution in [0.1, 0.15) is 33.6 Å². The Hall–Kier alpha value is -1.06. The molecular formula is C13H20O4. The van der Waals surface area contributed by atoms with Gasteiger partial charge in [-0.2, -0.15) is 0 Å². The number of carboxylic acid groups (broad SMARTS) is 1. The molecule has 2 aliphatic rings. The number of carbonyl (C=O) groups is 2. The van der Waals surface area contributed by atoms with E-state index in [2.05, 4.69) is 6.92 Å². The summed E-state index contributed by atoms with van der Waals surface area (Å²) >= 11 is 0. The highest BCUT2D eigenvalue weighted by atomic mass is 16.5. The van der Waals surface area contributed by atoms with Crippen LogP contribution in [0.3, 0.4) is 0 Å². The number of esters is 1. The molecule has 2 bridgehead atoms. The van der Waals surface area contributed by atoms with Crippen LogP contribution in [0.5, 0.6) is 0 Å². The summed E-state index contributed by atoms with van der Waals surface area (Å²) in [5, 5.41) is 9.27. The Morgan fingerprint density at radius 2 is 1.88 bits per heavy atom. The van der Waals surface area contributed by atoms with Crippen molar-refractivity contribution in [3.05, 3.63) is 0 Å². The molecule has 5 unspecified atom stereocenters. The molecule has 5 atom stereocenters. The Balaban J connectivity index is 2.18. The molecule has 0 aromatic rings. The summed E-state index contributed by atoms with van der Waals surface area (Å²) in [4.78, 5) is 23.3. The number of aliphatic carboxylic acids is 1. The minimum Gasteiger partial charge on any atom is -0.481 e. The Morgan fingerprint density at radius 1 is 1.24 bits per heavy atom. The SMILES string of the molecule is CC(C)OC(=O)C1C2CC(CC2C)C1C(=O)O. The summed E-state index contributed by atoms with van der Waals surface area (Å²) in [5.74, 6) is -1.29. The van der Waals surface area contributed by atoms with Crippen LogP contribution < -0.4 is 0 Å². The van der Waals surface area contributed by atoms with Crippen molar-refractivity contribution in [1.29, 1.82) is 0 Å². The maximum absolute atomic E-state index is 12.0. The van der Waals surface area contributed by atoms with E-state index in [4.69, 9.17) is 4.74 Å². The molecule has 96 valence electrons. The first-order chi connectivity index (χ1) is 7.91. The number of fused-ring (bicyclic) bond motifs is 2. The summed E-state index contributed by atoms with van der Waals surface area (Å²) in [6.07, 6.45) is 1.63. The number of rotatable bonds is 3. The lowest BCUT2D eigenvalue weighted by atomic mass is 9.74. The Labute approximate surface area is 101 Å². The van der Waals surface area contributed by atoms with E-state index in [1.165, 1.54) is 0 Å². The lowest BCUT2D eigenvalue weighted by Crippen LogP contribution is -2.39. The molecule has 0 radical (unpaired) electrons. The standard InChI is InChI=1S/C13H20O4/c1-6(2)17-13(16)11-9-5-8(4-7(9)3)10(11)12(14)15/h6-11H,4-5H2,1-3H3,(H,14,15). The summed E-state index contributed by atoms with van der Waals surface area (Å²) in [6, 6.07) is 0. The van der Waals surface area contributed by atoms with E-state index in [0.29, 0.717) is 5.92 Å². The molecule has 2 fully saturated rings. The lowest BCUT2D eigenvalue weighted by Gasteiger charge is -2.30. The van der Waals surface area contributed by atoms with E-state index >= 15 is 0 Å². The average molecular weight is 240 g/mol. The molecular weight excluding hydrogens is 220 g/mol. The Kier molecular flexibility index (Phi) is 3.15. The largest absolute Gasteiger partial charge is 0.481 e. The molecule has 1 N–H and O–H groups in total. The van der Waals surface area contributed by atoms with Crippen LogP contribution in [0.4, 0.5) is 0 Å².